The number of hydrogen-bond donors (Lipinski definition) is 1. The van der Waals surface area contributed by atoms with Crippen molar-refractivity contribution in [2.24, 2.45) is 0 Å². The second-order valence-electron chi connectivity index (χ2n) is 4.41. The van der Waals surface area contributed by atoms with Gasteiger partial charge in [-0.15, -0.1) is 0 Å². The van der Waals surface area contributed by atoms with Gasteiger partial charge >= 0.3 is 0 Å². The van der Waals surface area contributed by atoms with E-state index in [1.165, 1.54) is 0 Å². The van der Waals surface area contributed by atoms with E-state index in [1.807, 2.05) is 14.0 Å². The van der Waals surface area contributed by atoms with Crippen LogP contribution in [0.25, 0.3) is 0 Å². The lowest BCUT2D eigenvalue weighted by Crippen LogP contribution is -2.60. The summed E-state index contributed by atoms with van der Waals surface area (Å²) >= 11 is 18.1. The summed E-state index contributed by atoms with van der Waals surface area (Å²) in [6.45, 7) is 2.61. The third-order valence-electron chi connectivity index (χ3n) is 3.21. The molecular weight excluding hydrogens is 309 g/mol. The largest absolute Gasteiger partial charge is 0.484 e. The molecule has 0 radical (unpaired) electrons. The Hall–Kier alpha value is -0.190. The van der Waals surface area contributed by atoms with Crippen molar-refractivity contribution in [2.45, 2.75) is 31.6 Å². The molecule has 1 N–H and O–H groups in total. The molecule has 0 spiro atoms. The van der Waals surface area contributed by atoms with Gasteiger partial charge in [-0.05, 0) is 26.1 Å². The SMILES string of the molecule is CCOC1C(NC)CC1Oc1c(Cl)cc(Cl)cc1Cl. The van der Waals surface area contributed by atoms with E-state index in [4.69, 9.17) is 44.3 Å². The van der Waals surface area contributed by atoms with Crippen LogP contribution in [0.1, 0.15) is 13.3 Å². The smallest absolute Gasteiger partial charge is 0.157 e. The molecule has 6 heteroatoms. The van der Waals surface area contributed by atoms with E-state index in [0.29, 0.717) is 33.5 Å². The van der Waals surface area contributed by atoms with Crippen LogP contribution in [0.3, 0.4) is 0 Å². The van der Waals surface area contributed by atoms with Crippen LogP contribution in [0.2, 0.25) is 15.1 Å². The maximum atomic E-state index is 6.10. The quantitative estimate of drug-likeness (QED) is 0.894. The molecule has 3 unspecified atom stereocenters. The molecule has 0 saturated heterocycles. The van der Waals surface area contributed by atoms with Gasteiger partial charge in [-0.3, -0.25) is 0 Å². The van der Waals surface area contributed by atoms with E-state index in [9.17, 15) is 0 Å². The molecule has 2 rings (SSSR count). The molecule has 0 aliphatic heterocycles. The Kier molecular flexibility index (Phi) is 5.21. The van der Waals surface area contributed by atoms with E-state index >= 15 is 0 Å². The van der Waals surface area contributed by atoms with Gasteiger partial charge in [-0.1, -0.05) is 34.8 Å². The monoisotopic (exact) mass is 323 g/mol. The summed E-state index contributed by atoms with van der Waals surface area (Å²) < 4.78 is 11.5. The minimum Gasteiger partial charge on any atom is -0.484 e. The average molecular weight is 325 g/mol. The summed E-state index contributed by atoms with van der Waals surface area (Å²) in [5.74, 6) is 0.469. The fourth-order valence-corrected chi connectivity index (χ4v) is 3.09. The second kappa shape index (κ2) is 6.51. The molecule has 1 aromatic carbocycles. The lowest BCUT2D eigenvalue weighted by molar-refractivity contribution is -0.103. The van der Waals surface area contributed by atoms with Crippen molar-refractivity contribution < 1.29 is 9.47 Å². The highest BCUT2D eigenvalue weighted by molar-refractivity contribution is 6.40. The Labute approximate surface area is 128 Å². The molecule has 1 saturated carbocycles. The number of nitrogens with one attached hydrogen (secondary N) is 1. The van der Waals surface area contributed by atoms with Gasteiger partial charge in [0.2, 0.25) is 0 Å². The molecule has 0 heterocycles. The van der Waals surface area contributed by atoms with Crippen LogP contribution in [-0.2, 0) is 4.74 Å². The third kappa shape index (κ3) is 3.29. The predicted octanol–water partition coefficient (Wildman–Crippen LogP) is 3.79. The fourth-order valence-electron chi connectivity index (χ4n) is 2.19. The maximum absolute atomic E-state index is 6.10. The molecule has 0 amide bonds. The van der Waals surface area contributed by atoms with Crippen molar-refractivity contribution in [3.63, 3.8) is 0 Å². The fraction of sp³-hybridized carbons (Fsp3) is 0.538. The number of likely N-dealkylation sites (N-methyl/N-ethyl adjacent to an activating group) is 1. The van der Waals surface area contributed by atoms with Crippen LogP contribution in [0.15, 0.2) is 12.1 Å². The number of halogens is 3. The van der Waals surface area contributed by atoms with Crippen LogP contribution < -0.4 is 10.1 Å². The number of benzene rings is 1. The average Bonchev–Trinajstić information content (AvgIpc) is 2.33. The Morgan fingerprint density at radius 1 is 1.26 bits per heavy atom. The minimum absolute atomic E-state index is 0.0119. The number of rotatable bonds is 5. The zero-order valence-corrected chi connectivity index (χ0v) is 13.0. The van der Waals surface area contributed by atoms with Crippen molar-refractivity contribution in [1.29, 1.82) is 0 Å². The molecule has 106 valence electrons. The van der Waals surface area contributed by atoms with Gasteiger partial charge in [0, 0.05) is 24.1 Å². The van der Waals surface area contributed by atoms with Gasteiger partial charge in [0.25, 0.3) is 0 Å². The zero-order valence-electron chi connectivity index (χ0n) is 10.8. The topological polar surface area (TPSA) is 30.5 Å². The normalized spacial score (nSPS) is 26.1. The van der Waals surface area contributed by atoms with Crippen molar-refractivity contribution >= 4 is 34.8 Å². The maximum Gasteiger partial charge on any atom is 0.157 e. The summed E-state index contributed by atoms with van der Waals surface area (Å²) in [5, 5.41) is 4.52. The second-order valence-corrected chi connectivity index (χ2v) is 5.66. The summed E-state index contributed by atoms with van der Waals surface area (Å²) in [7, 11) is 1.91. The lowest BCUT2D eigenvalue weighted by atomic mass is 9.85. The lowest BCUT2D eigenvalue weighted by Gasteiger charge is -2.43. The standard InChI is InChI=1S/C13H16Cl3NO2/c1-3-18-13-10(17-2)6-11(13)19-12-8(15)4-7(14)5-9(12)16/h4-5,10-11,13,17H,3,6H2,1-2H3. The zero-order chi connectivity index (χ0) is 14.0. The van der Waals surface area contributed by atoms with Gasteiger partial charge in [0.05, 0.1) is 10.0 Å². The highest BCUT2D eigenvalue weighted by Crippen LogP contribution is 2.39. The summed E-state index contributed by atoms with van der Waals surface area (Å²) in [4.78, 5) is 0. The Morgan fingerprint density at radius 3 is 2.42 bits per heavy atom. The number of hydrogen-bond acceptors (Lipinski definition) is 3. The third-order valence-corrected chi connectivity index (χ3v) is 3.99. The minimum atomic E-state index is -0.0476. The summed E-state index contributed by atoms with van der Waals surface area (Å²) in [5.41, 5.74) is 0. The molecular formula is C13H16Cl3NO2. The molecule has 0 aromatic heterocycles. The molecule has 3 atom stereocenters. The van der Waals surface area contributed by atoms with Crippen LogP contribution in [0.5, 0.6) is 5.75 Å². The highest BCUT2D eigenvalue weighted by atomic mass is 35.5. The first-order chi connectivity index (χ1) is 9.06. The van der Waals surface area contributed by atoms with E-state index in [1.54, 1.807) is 12.1 Å². The first kappa shape index (κ1) is 15.2. The molecule has 1 aliphatic carbocycles. The van der Waals surface area contributed by atoms with Gasteiger partial charge in [0.15, 0.2) is 5.75 Å². The summed E-state index contributed by atoms with van der Waals surface area (Å²) in [6, 6.07) is 3.54. The van der Waals surface area contributed by atoms with Crippen molar-refractivity contribution in [3.8, 4) is 5.75 Å². The van der Waals surface area contributed by atoms with Crippen LogP contribution in [0.4, 0.5) is 0 Å². The van der Waals surface area contributed by atoms with Crippen molar-refractivity contribution in [2.75, 3.05) is 13.7 Å². The molecule has 0 bridgehead atoms. The van der Waals surface area contributed by atoms with E-state index in [2.05, 4.69) is 5.32 Å². The van der Waals surface area contributed by atoms with Gasteiger partial charge in [-0.2, -0.15) is 0 Å². The van der Waals surface area contributed by atoms with Crippen LogP contribution in [-0.4, -0.2) is 31.9 Å². The van der Waals surface area contributed by atoms with Crippen LogP contribution >= 0.6 is 34.8 Å². The molecule has 19 heavy (non-hydrogen) atoms. The van der Waals surface area contributed by atoms with Gasteiger partial charge in [-0.25, -0.2) is 0 Å². The van der Waals surface area contributed by atoms with Crippen molar-refractivity contribution in [3.05, 3.63) is 27.2 Å². The first-order valence-electron chi connectivity index (χ1n) is 6.16. The Morgan fingerprint density at radius 2 is 1.89 bits per heavy atom. The molecule has 1 aliphatic rings. The highest BCUT2D eigenvalue weighted by Gasteiger charge is 2.43. The van der Waals surface area contributed by atoms with E-state index in [0.717, 1.165) is 6.42 Å². The van der Waals surface area contributed by atoms with E-state index < -0.39 is 0 Å². The first-order valence-corrected chi connectivity index (χ1v) is 7.30. The molecule has 1 aromatic rings. The van der Waals surface area contributed by atoms with E-state index in [-0.39, 0.29) is 12.2 Å². The predicted molar refractivity (Wildman–Crippen MR) is 78.8 cm³/mol. The van der Waals surface area contributed by atoms with Gasteiger partial charge in [0.1, 0.15) is 12.2 Å². The summed E-state index contributed by atoms with van der Waals surface area (Å²) in [6.07, 6.45) is 0.822. The van der Waals surface area contributed by atoms with Crippen molar-refractivity contribution in [1.82, 2.24) is 5.32 Å². The molecule has 3 nitrogen and oxygen atoms in total. The number of ether oxygens (including phenoxy) is 2. The molecule has 1 fully saturated rings. The van der Waals surface area contributed by atoms with Crippen LogP contribution in [0, 0.1) is 0 Å². The Balaban J connectivity index is 2.10. The Bertz CT molecular complexity index is 433. The van der Waals surface area contributed by atoms with Gasteiger partial charge < -0.3 is 14.8 Å².